The summed E-state index contributed by atoms with van der Waals surface area (Å²) < 4.78 is 0. The van der Waals surface area contributed by atoms with E-state index in [0.29, 0.717) is 6.54 Å². The zero-order valence-corrected chi connectivity index (χ0v) is 7.06. The van der Waals surface area contributed by atoms with Crippen LogP contribution in [0.4, 0.5) is 4.79 Å². The summed E-state index contributed by atoms with van der Waals surface area (Å²) in [6.45, 7) is 2.11. The third-order valence-corrected chi connectivity index (χ3v) is 2.17. The second-order valence-electron chi connectivity index (χ2n) is 2.54. The van der Waals surface area contributed by atoms with Crippen LogP contribution in [0.2, 0.25) is 0 Å². The van der Waals surface area contributed by atoms with E-state index in [-0.39, 0.29) is 22.9 Å². The van der Waals surface area contributed by atoms with Crippen molar-refractivity contribution in [2.45, 2.75) is 13.0 Å². The van der Waals surface area contributed by atoms with Gasteiger partial charge in [-0.25, -0.2) is 0 Å². The van der Waals surface area contributed by atoms with Crippen LogP contribution < -0.4 is 5.73 Å². The number of nitrogens with two attached hydrogens (primary N) is 1. The molecule has 1 fully saturated rings. The topological polar surface area (TPSA) is 63.4 Å². The van der Waals surface area contributed by atoms with Gasteiger partial charge in [-0.3, -0.25) is 14.5 Å². The molecule has 1 heterocycles. The highest BCUT2D eigenvalue weighted by molar-refractivity contribution is 8.14. The molecule has 0 aromatic carbocycles. The lowest BCUT2D eigenvalue weighted by Crippen LogP contribution is -2.38. The van der Waals surface area contributed by atoms with Crippen LogP contribution in [0.25, 0.3) is 0 Å². The van der Waals surface area contributed by atoms with Crippen molar-refractivity contribution < 1.29 is 9.59 Å². The minimum atomic E-state index is -0.174. The fourth-order valence-electron chi connectivity index (χ4n) is 0.845. The Balaban J connectivity index is 2.55. The number of hydrogen-bond donors (Lipinski definition) is 1. The molecule has 1 saturated heterocycles. The van der Waals surface area contributed by atoms with Crippen molar-refractivity contribution in [2.75, 3.05) is 12.3 Å². The summed E-state index contributed by atoms with van der Waals surface area (Å²) in [5.41, 5.74) is 5.44. The highest BCUT2D eigenvalue weighted by Crippen LogP contribution is 2.18. The Morgan fingerprint density at radius 2 is 2.36 bits per heavy atom. The Morgan fingerprint density at radius 1 is 1.73 bits per heavy atom. The maximum atomic E-state index is 10.9. The van der Waals surface area contributed by atoms with Gasteiger partial charge in [-0.05, 0) is 6.92 Å². The Labute approximate surface area is 69.1 Å². The maximum absolute atomic E-state index is 10.9. The van der Waals surface area contributed by atoms with Crippen LogP contribution in [0.3, 0.4) is 0 Å². The molecule has 4 nitrogen and oxygen atoms in total. The largest absolute Gasteiger partial charge is 0.326 e. The first-order valence-corrected chi connectivity index (χ1v) is 4.32. The van der Waals surface area contributed by atoms with Crippen LogP contribution in [0.5, 0.6) is 0 Å². The minimum Gasteiger partial charge on any atom is -0.326 e. The monoisotopic (exact) mass is 174 g/mol. The summed E-state index contributed by atoms with van der Waals surface area (Å²) in [6.07, 6.45) is 0. The van der Waals surface area contributed by atoms with E-state index < -0.39 is 0 Å². The lowest BCUT2D eigenvalue weighted by molar-refractivity contribution is -0.124. The van der Waals surface area contributed by atoms with E-state index in [2.05, 4.69) is 0 Å². The number of carbonyl (C=O) groups excluding carboxylic acids is 2. The van der Waals surface area contributed by atoms with Crippen molar-refractivity contribution in [2.24, 2.45) is 5.73 Å². The van der Waals surface area contributed by atoms with Gasteiger partial charge in [0.25, 0.3) is 5.24 Å². The summed E-state index contributed by atoms with van der Waals surface area (Å²) in [6, 6.07) is -0.137. The lowest BCUT2D eigenvalue weighted by atomic mass is 10.3. The van der Waals surface area contributed by atoms with Gasteiger partial charge in [-0.1, -0.05) is 11.8 Å². The SMILES string of the molecule is C[C@H](N)CN1C(=O)CSC1=O. The smallest absolute Gasteiger partial charge is 0.288 e. The van der Waals surface area contributed by atoms with Crippen molar-refractivity contribution in [1.82, 2.24) is 4.90 Å². The number of rotatable bonds is 2. The van der Waals surface area contributed by atoms with Gasteiger partial charge in [0.2, 0.25) is 5.91 Å². The predicted molar refractivity (Wildman–Crippen MR) is 43.2 cm³/mol. The van der Waals surface area contributed by atoms with E-state index in [4.69, 9.17) is 5.73 Å². The fraction of sp³-hybridized carbons (Fsp3) is 0.667. The lowest BCUT2D eigenvalue weighted by Gasteiger charge is -2.14. The standard InChI is InChI=1S/C6H10N2O2S/c1-4(7)2-8-5(9)3-11-6(8)10/h4H,2-3,7H2,1H3/t4-/m0/s1. The molecule has 2 amide bonds. The molecule has 11 heavy (non-hydrogen) atoms. The van der Waals surface area contributed by atoms with Crippen molar-refractivity contribution in [3.8, 4) is 0 Å². The molecule has 0 unspecified atom stereocenters. The van der Waals surface area contributed by atoms with Gasteiger partial charge in [0.15, 0.2) is 0 Å². The molecule has 62 valence electrons. The maximum Gasteiger partial charge on any atom is 0.288 e. The van der Waals surface area contributed by atoms with E-state index in [9.17, 15) is 9.59 Å². The summed E-state index contributed by atoms with van der Waals surface area (Å²) >= 11 is 1.04. The first-order valence-electron chi connectivity index (χ1n) is 3.34. The highest BCUT2D eigenvalue weighted by Gasteiger charge is 2.29. The molecule has 5 heteroatoms. The van der Waals surface area contributed by atoms with E-state index in [1.54, 1.807) is 6.92 Å². The van der Waals surface area contributed by atoms with E-state index >= 15 is 0 Å². The van der Waals surface area contributed by atoms with Crippen molar-refractivity contribution in [3.05, 3.63) is 0 Å². The normalized spacial score (nSPS) is 21.1. The third kappa shape index (κ3) is 1.94. The van der Waals surface area contributed by atoms with Crippen LogP contribution in [0, 0.1) is 0 Å². The van der Waals surface area contributed by atoms with Gasteiger partial charge < -0.3 is 5.73 Å². The number of imide groups is 1. The number of amides is 2. The molecule has 1 aliphatic heterocycles. The average molecular weight is 174 g/mol. The van der Waals surface area contributed by atoms with Crippen molar-refractivity contribution in [3.63, 3.8) is 0 Å². The van der Waals surface area contributed by atoms with Gasteiger partial charge in [0.05, 0.1) is 5.75 Å². The van der Waals surface area contributed by atoms with Crippen molar-refractivity contribution >= 4 is 22.9 Å². The van der Waals surface area contributed by atoms with E-state index in [1.807, 2.05) is 0 Å². The number of thioether (sulfide) groups is 1. The molecule has 0 aromatic heterocycles. The Bertz CT molecular complexity index is 177. The third-order valence-electron chi connectivity index (χ3n) is 1.31. The Morgan fingerprint density at radius 3 is 2.73 bits per heavy atom. The molecule has 0 saturated carbocycles. The van der Waals surface area contributed by atoms with Gasteiger partial charge in [-0.15, -0.1) is 0 Å². The summed E-state index contributed by atoms with van der Waals surface area (Å²) in [4.78, 5) is 23.1. The first-order chi connectivity index (χ1) is 5.11. The second-order valence-corrected chi connectivity index (χ2v) is 3.46. The van der Waals surface area contributed by atoms with E-state index in [0.717, 1.165) is 11.8 Å². The number of carbonyl (C=O) groups is 2. The fourth-order valence-corrected chi connectivity index (χ4v) is 1.58. The van der Waals surface area contributed by atoms with Crippen LogP contribution in [0.1, 0.15) is 6.92 Å². The molecule has 0 radical (unpaired) electrons. The van der Waals surface area contributed by atoms with Crippen LogP contribution in [-0.4, -0.2) is 34.4 Å². The molecule has 1 atom stereocenters. The molecule has 1 aliphatic rings. The summed E-state index contributed by atoms with van der Waals surface area (Å²) in [5, 5.41) is -0.174. The van der Waals surface area contributed by atoms with Gasteiger partial charge in [-0.2, -0.15) is 0 Å². The molecule has 0 spiro atoms. The average Bonchev–Trinajstić information content (AvgIpc) is 2.18. The summed E-state index contributed by atoms with van der Waals surface area (Å²) in [7, 11) is 0. The first kappa shape index (κ1) is 8.55. The minimum absolute atomic E-state index is 0.127. The second kappa shape index (κ2) is 3.23. The zero-order valence-electron chi connectivity index (χ0n) is 6.24. The predicted octanol–water partition coefficient (Wildman–Crippen LogP) is 0.0290. The zero-order chi connectivity index (χ0) is 8.43. The van der Waals surface area contributed by atoms with E-state index in [1.165, 1.54) is 4.90 Å². The molecule has 2 N–H and O–H groups in total. The summed E-state index contributed by atoms with van der Waals surface area (Å²) in [5.74, 6) is 0.142. The molecular weight excluding hydrogens is 164 g/mol. The molecule has 0 bridgehead atoms. The molecule has 0 aliphatic carbocycles. The molecule has 0 aromatic rings. The molecule has 1 rings (SSSR count). The van der Waals surface area contributed by atoms with Crippen LogP contribution in [0.15, 0.2) is 0 Å². The molecular formula is C6H10N2O2S. The van der Waals surface area contributed by atoms with Gasteiger partial charge >= 0.3 is 0 Å². The van der Waals surface area contributed by atoms with Gasteiger partial charge in [0, 0.05) is 12.6 Å². The van der Waals surface area contributed by atoms with Crippen LogP contribution >= 0.6 is 11.8 Å². The highest BCUT2D eigenvalue weighted by atomic mass is 32.2. The van der Waals surface area contributed by atoms with Crippen molar-refractivity contribution in [1.29, 1.82) is 0 Å². The van der Waals surface area contributed by atoms with Gasteiger partial charge in [0.1, 0.15) is 0 Å². The van der Waals surface area contributed by atoms with Crippen LogP contribution in [-0.2, 0) is 4.79 Å². The Kier molecular flexibility index (Phi) is 2.51. The number of hydrogen-bond acceptors (Lipinski definition) is 4. The Hall–Kier alpha value is -0.550. The number of nitrogens with zero attached hydrogens (tertiary/aromatic N) is 1. The quantitative estimate of drug-likeness (QED) is 0.641.